The zero-order valence-electron chi connectivity index (χ0n) is 8.21. The number of phenolic OH excluding ortho intramolecular Hbond substituents is 1. The first-order valence-corrected chi connectivity index (χ1v) is 4.55. The molecule has 2 aromatic rings. The molecule has 0 radical (unpaired) electrons. The molecular formula is C10H11N3O2. The lowest BCUT2D eigenvalue weighted by Crippen LogP contribution is -2.28. The molecule has 5 nitrogen and oxygen atoms in total. The minimum absolute atomic E-state index is 0.00132. The Hall–Kier alpha value is -1.88. The summed E-state index contributed by atoms with van der Waals surface area (Å²) in [6.45, 7) is 1.69. The van der Waals surface area contributed by atoms with E-state index in [1.807, 2.05) is 0 Å². The molecular weight excluding hydrogens is 194 g/mol. The number of aromatic hydroxyl groups is 1. The van der Waals surface area contributed by atoms with Gasteiger partial charge in [-0.15, -0.1) is 0 Å². The minimum Gasteiger partial charge on any atom is -0.506 e. The fraction of sp³-hybridized carbons (Fsp3) is 0.200. The highest BCUT2D eigenvalue weighted by Gasteiger charge is 2.08. The van der Waals surface area contributed by atoms with E-state index >= 15 is 0 Å². The predicted molar refractivity (Wildman–Crippen MR) is 56.6 cm³/mol. The third kappa shape index (κ3) is 1.46. The highest BCUT2D eigenvalue weighted by molar-refractivity contribution is 5.82. The van der Waals surface area contributed by atoms with Crippen molar-refractivity contribution in [3.63, 3.8) is 0 Å². The fourth-order valence-electron chi connectivity index (χ4n) is 1.44. The number of aromatic nitrogens is 2. The molecule has 0 saturated carbocycles. The standard InChI is InChI=1S/C10H11N3O2/c1-6(11)13-5-12-9-7(10(13)15)3-2-4-8(9)14/h2-6,14H,11H2,1H3. The molecule has 15 heavy (non-hydrogen) atoms. The van der Waals surface area contributed by atoms with Crippen LogP contribution in [-0.2, 0) is 0 Å². The molecule has 0 bridgehead atoms. The second kappa shape index (κ2) is 3.36. The highest BCUT2D eigenvalue weighted by Crippen LogP contribution is 2.18. The van der Waals surface area contributed by atoms with Crippen LogP contribution in [0.25, 0.3) is 10.9 Å². The largest absolute Gasteiger partial charge is 0.506 e. The Morgan fingerprint density at radius 3 is 2.93 bits per heavy atom. The molecule has 5 heteroatoms. The van der Waals surface area contributed by atoms with E-state index in [9.17, 15) is 9.90 Å². The van der Waals surface area contributed by atoms with Crippen molar-refractivity contribution in [1.82, 2.24) is 9.55 Å². The molecule has 0 saturated heterocycles. The number of hydrogen-bond donors (Lipinski definition) is 2. The van der Waals surface area contributed by atoms with Crippen molar-refractivity contribution in [2.75, 3.05) is 0 Å². The smallest absolute Gasteiger partial charge is 0.262 e. The van der Waals surface area contributed by atoms with Crippen LogP contribution in [0.1, 0.15) is 13.1 Å². The zero-order chi connectivity index (χ0) is 11.0. The van der Waals surface area contributed by atoms with Crippen LogP contribution in [-0.4, -0.2) is 14.7 Å². The van der Waals surface area contributed by atoms with Gasteiger partial charge in [-0.25, -0.2) is 4.98 Å². The van der Waals surface area contributed by atoms with E-state index in [2.05, 4.69) is 4.98 Å². The van der Waals surface area contributed by atoms with Crippen molar-refractivity contribution in [2.45, 2.75) is 13.1 Å². The van der Waals surface area contributed by atoms with Gasteiger partial charge in [0.15, 0.2) is 0 Å². The number of rotatable bonds is 1. The van der Waals surface area contributed by atoms with E-state index in [0.717, 1.165) is 0 Å². The molecule has 1 atom stereocenters. The quantitative estimate of drug-likeness (QED) is 0.713. The Labute approximate surface area is 85.8 Å². The molecule has 1 heterocycles. The number of phenols is 1. The summed E-state index contributed by atoms with van der Waals surface area (Å²) in [5, 5.41) is 9.85. The Bertz CT molecular complexity index is 560. The van der Waals surface area contributed by atoms with Crippen molar-refractivity contribution in [1.29, 1.82) is 0 Å². The summed E-state index contributed by atoms with van der Waals surface area (Å²) in [6, 6.07) is 4.71. The molecule has 78 valence electrons. The molecule has 0 fully saturated rings. The number of para-hydroxylation sites is 1. The first-order valence-electron chi connectivity index (χ1n) is 4.55. The Kier molecular flexibility index (Phi) is 2.17. The summed E-state index contributed by atoms with van der Waals surface area (Å²) < 4.78 is 1.32. The zero-order valence-corrected chi connectivity index (χ0v) is 8.21. The van der Waals surface area contributed by atoms with Gasteiger partial charge in [0.1, 0.15) is 11.3 Å². The average Bonchev–Trinajstić information content (AvgIpc) is 2.19. The van der Waals surface area contributed by atoms with Crippen molar-refractivity contribution in [2.24, 2.45) is 5.73 Å². The number of nitrogens with zero attached hydrogens (tertiary/aromatic N) is 2. The van der Waals surface area contributed by atoms with Gasteiger partial charge in [-0.2, -0.15) is 0 Å². The maximum absolute atomic E-state index is 11.9. The predicted octanol–water partition coefficient (Wildman–Crippen LogP) is 0.579. The average molecular weight is 205 g/mol. The molecule has 2 rings (SSSR count). The molecule has 0 aliphatic heterocycles. The lowest BCUT2D eigenvalue weighted by atomic mass is 10.2. The Morgan fingerprint density at radius 1 is 1.53 bits per heavy atom. The van der Waals surface area contributed by atoms with Crippen LogP contribution in [0.4, 0.5) is 0 Å². The van der Waals surface area contributed by atoms with E-state index < -0.39 is 6.17 Å². The lowest BCUT2D eigenvalue weighted by molar-refractivity contribution is 0.479. The van der Waals surface area contributed by atoms with Crippen molar-refractivity contribution in [3.05, 3.63) is 34.9 Å². The van der Waals surface area contributed by atoms with Crippen LogP contribution >= 0.6 is 0 Å². The first-order chi connectivity index (χ1) is 7.11. The van der Waals surface area contributed by atoms with E-state index in [1.165, 1.54) is 17.0 Å². The fourth-order valence-corrected chi connectivity index (χ4v) is 1.44. The van der Waals surface area contributed by atoms with Crippen LogP contribution in [0.15, 0.2) is 29.3 Å². The first kappa shape index (κ1) is 9.67. The number of fused-ring (bicyclic) bond motifs is 1. The number of nitrogens with two attached hydrogens (primary N) is 1. The normalized spacial score (nSPS) is 12.9. The van der Waals surface area contributed by atoms with Gasteiger partial charge in [0, 0.05) is 0 Å². The van der Waals surface area contributed by atoms with E-state index in [0.29, 0.717) is 10.9 Å². The van der Waals surface area contributed by atoms with Crippen LogP contribution < -0.4 is 11.3 Å². The third-order valence-corrected chi connectivity index (χ3v) is 2.23. The molecule has 0 amide bonds. The summed E-state index contributed by atoms with van der Waals surface area (Å²) in [4.78, 5) is 15.8. The van der Waals surface area contributed by atoms with Crippen LogP contribution in [0.3, 0.4) is 0 Å². The molecule has 0 aliphatic rings. The second-order valence-corrected chi connectivity index (χ2v) is 3.37. The van der Waals surface area contributed by atoms with Gasteiger partial charge in [-0.3, -0.25) is 9.36 Å². The van der Waals surface area contributed by atoms with Gasteiger partial charge in [0.2, 0.25) is 0 Å². The summed E-state index contributed by atoms with van der Waals surface area (Å²) >= 11 is 0. The summed E-state index contributed by atoms with van der Waals surface area (Å²) in [5.74, 6) is 0.00132. The van der Waals surface area contributed by atoms with E-state index in [4.69, 9.17) is 5.73 Å². The van der Waals surface area contributed by atoms with Crippen molar-refractivity contribution in [3.8, 4) is 5.75 Å². The summed E-state index contributed by atoms with van der Waals surface area (Å²) in [5.41, 5.74) is 5.66. The van der Waals surface area contributed by atoms with Crippen LogP contribution in [0.5, 0.6) is 5.75 Å². The van der Waals surface area contributed by atoms with Gasteiger partial charge >= 0.3 is 0 Å². The van der Waals surface area contributed by atoms with E-state index in [1.54, 1.807) is 19.1 Å². The van der Waals surface area contributed by atoms with Crippen molar-refractivity contribution < 1.29 is 5.11 Å². The lowest BCUT2D eigenvalue weighted by Gasteiger charge is -2.09. The van der Waals surface area contributed by atoms with Gasteiger partial charge in [-0.05, 0) is 19.1 Å². The van der Waals surface area contributed by atoms with Gasteiger partial charge in [0.05, 0.1) is 17.9 Å². The highest BCUT2D eigenvalue weighted by atomic mass is 16.3. The molecule has 0 aliphatic carbocycles. The summed E-state index contributed by atoms with van der Waals surface area (Å²) in [7, 11) is 0. The van der Waals surface area contributed by atoms with Crippen LogP contribution in [0, 0.1) is 0 Å². The molecule has 1 aromatic heterocycles. The van der Waals surface area contributed by atoms with Gasteiger partial charge in [0.25, 0.3) is 5.56 Å². The number of benzene rings is 1. The van der Waals surface area contributed by atoms with Crippen LogP contribution in [0.2, 0.25) is 0 Å². The van der Waals surface area contributed by atoms with Crippen molar-refractivity contribution >= 4 is 10.9 Å². The molecule has 1 aromatic carbocycles. The molecule has 3 N–H and O–H groups in total. The van der Waals surface area contributed by atoms with E-state index in [-0.39, 0.29) is 11.3 Å². The number of hydrogen-bond acceptors (Lipinski definition) is 4. The maximum atomic E-state index is 11.9. The Morgan fingerprint density at radius 2 is 2.27 bits per heavy atom. The SMILES string of the molecule is CC(N)n1cnc2c(O)cccc2c1=O. The Balaban J connectivity index is 2.86. The molecule has 0 spiro atoms. The molecule has 1 unspecified atom stereocenters. The maximum Gasteiger partial charge on any atom is 0.262 e. The minimum atomic E-state index is -0.434. The third-order valence-electron chi connectivity index (χ3n) is 2.23. The summed E-state index contributed by atoms with van der Waals surface area (Å²) in [6.07, 6.45) is 0.909. The second-order valence-electron chi connectivity index (χ2n) is 3.37. The van der Waals surface area contributed by atoms with Gasteiger partial charge < -0.3 is 10.8 Å². The topological polar surface area (TPSA) is 81.1 Å². The van der Waals surface area contributed by atoms with Gasteiger partial charge in [-0.1, -0.05) is 6.07 Å². The monoisotopic (exact) mass is 205 g/mol.